The summed E-state index contributed by atoms with van der Waals surface area (Å²) in [5.41, 5.74) is 0. The molecule has 38 heavy (non-hydrogen) atoms. The highest BCUT2D eigenvalue weighted by molar-refractivity contribution is 4.96. The number of aliphatic hydroxyl groups excluding tert-OH is 11. The molecule has 0 aliphatic carbocycles. The summed E-state index contributed by atoms with van der Waals surface area (Å²) < 4.78 is 32.7. The van der Waals surface area contributed by atoms with E-state index in [2.05, 4.69) is 0 Å². The third-order valence-electron chi connectivity index (χ3n) is 6.68. The third-order valence-corrected chi connectivity index (χ3v) is 6.68. The molecule has 0 radical (unpaired) electrons. The Morgan fingerprint density at radius 1 is 0.500 bits per heavy atom. The first-order valence-electron chi connectivity index (χ1n) is 12.2. The van der Waals surface area contributed by atoms with E-state index in [1.54, 1.807) is 0 Å². The Morgan fingerprint density at radius 2 is 1.00 bits per heavy atom. The van der Waals surface area contributed by atoms with Gasteiger partial charge < -0.3 is 84.6 Å². The van der Waals surface area contributed by atoms with Gasteiger partial charge in [-0.15, -0.1) is 0 Å². The van der Waals surface area contributed by atoms with Crippen molar-refractivity contribution in [1.29, 1.82) is 0 Å². The van der Waals surface area contributed by atoms with Crippen molar-refractivity contribution in [3.05, 3.63) is 0 Å². The van der Waals surface area contributed by atoms with Crippen molar-refractivity contribution in [2.75, 3.05) is 33.0 Å². The van der Waals surface area contributed by atoms with Crippen molar-refractivity contribution in [3.63, 3.8) is 0 Å². The number of hydrogen-bond acceptors (Lipinski definition) is 17. The highest BCUT2D eigenvalue weighted by Gasteiger charge is 2.53. The van der Waals surface area contributed by atoms with Crippen LogP contribution in [0.4, 0.5) is 0 Å². The van der Waals surface area contributed by atoms with E-state index >= 15 is 0 Å². The summed E-state index contributed by atoms with van der Waals surface area (Å²) in [6, 6.07) is 0. The van der Waals surface area contributed by atoms with Crippen LogP contribution in [0.3, 0.4) is 0 Å². The second kappa shape index (κ2) is 14.3. The fraction of sp³-hybridized carbons (Fsp3) is 1.00. The molecule has 3 aliphatic rings. The maximum atomic E-state index is 10.8. The smallest absolute Gasteiger partial charge is 0.187 e. The molecule has 15 atom stereocenters. The first-order valence-corrected chi connectivity index (χ1v) is 12.2. The summed E-state index contributed by atoms with van der Waals surface area (Å²) >= 11 is 0. The van der Waals surface area contributed by atoms with E-state index in [0.717, 1.165) is 0 Å². The van der Waals surface area contributed by atoms with Gasteiger partial charge in [0.05, 0.1) is 19.8 Å². The van der Waals surface area contributed by atoms with E-state index in [1.165, 1.54) is 0 Å². The molecule has 224 valence electrons. The molecule has 1 unspecified atom stereocenters. The SMILES string of the molecule is OCCCO[C@H]1[C@@H](O[C@H]2[C@H](O)[C@@H](O)[C@@H](O[C@H]3[C@H](O)[C@@H](O)C(O)O[C@@H]3CO)O[C@@H]2CO)O[C@H](CO)[C@@H](O)[C@@H]1O. The van der Waals surface area contributed by atoms with Gasteiger partial charge in [0, 0.05) is 13.2 Å². The van der Waals surface area contributed by atoms with Crippen LogP contribution >= 0.6 is 0 Å². The molecule has 3 aliphatic heterocycles. The molecule has 3 heterocycles. The maximum absolute atomic E-state index is 10.8. The molecule has 0 aromatic heterocycles. The monoisotopic (exact) mass is 562 g/mol. The van der Waals surface area contributed by atoms with E-state index in [0.29, 0.717) is 0 Å². The summed E-state index contributed by atoms with van der Waals surface area (Å²) in [6.07, 6.45) is -24.0. The minimum atomic E-state index is -1.90. The normalized spacial score (nSPS) is 48.2. The summed E-state index contributed by atoms with van der Waals surface area (Å²) in [6.45, 7) is -2.60. The van der Waals surface area contributed by atoms with Crippen LogP contribution in [-0.4, -0.2) is 181 Å². The second-order valence-electron chi connectivity index (χ2n) is 9.26. The van der Waals surface area contributed by atoms with Crippen molar-refractivity contribution in [2.45, 2.75) is 98.5 Å². The summed E-state index contributed by atoms with van der Waals surface area (Å²) in [7, 11) is 0. The molecule has 11 N–H and O–H groups in total. The Kier molecular flexibility index (Phi) is 12.0. The Hall–Kier alpha value is -0.680. The average molecular weight is 563 g/mol. The van der Waals surface area contributed by atoms with Gasteiger partial charge in [-0.05, 0) is 6.42 Å². The lowest BCUT2D eigenvalue weighted by molar-refractivity contribution is -0.379. The topological polar surface area (TPSA) is 278 Å². The first-order chi connectivity index (χ1) is 18.1. The summed E-state index contributed by atoms with van der Waals surface area (Å²) in [4.78, 5) is 0. The van der Waals surface area contributed by atoms with Gasteiger partial charge in [0.1, 0.15) is 73.2 Å². The standard InChI is InChI=1S/C21H38O17/c22-2-1-3-33-18-11(27)10(26)7(4-23)35-21(18)38-17-9(6-25)36-20(15(31)13(17)29)37-16-8(5-24)34-19(32)14(30)12(16)28/h7-32H,1-6H2/t7-,8-,9-,10-,11+,12-,13-,14-,15-,16-,17-,18-,19?,20-,21-/m1/s1. The molecule has 3 rings (SSSR count). The van der Waals surface area contributed by atoms with Crippen LogP contribution in [0.5, 0.6) is 0 Å². The maximum Gasteiger partial charge on any atom is 0.187 e. The lowest BCUT2D eigenvalue weighted by Crippen LogP contribution is -2.66. The highest BCUT2D eigenvalue weighted by Crippen LogP contribution is 2.32. The third kappa shape index (κ3) is 6.78. The van der Waals surface area contributed by atoms with E-state index < -0.39 is 112 Å². The van der Waals surface area contributed by atoms with Gasteiger partial charge in [-0.1, -0.05) is 0 Å². The molecule has 3 fully saturated rings. The van der Waals surface area contributed by atoms with E-state index in [-0.39, 0.29) is 19.6 Å². The summed E-state index contributed by atoms with van der Waals surface area (Å²) in [5.74, 6) is 0. The highest BCUT2D eigenvalue weighted by atomic mass is 16.8. The molecule has 0 bridgehead atoms. The number of aliphatic hydroxyl groups is 11. The number of rotatable bonds is 11. The zero-order valence-electron chi connectivity index (χ0n) is 20.3. The zero-order valence-corrected chi connectivity index (χ0v) is 20.3. The lowest BCUT2D eigenvalue weighted by atomic mass is 9.96. The Labute approximate surface area is 216 Å². The molecular weight excluding hydrogens is 524 g/mol. The van der Waals surface area contributed by atoms with Gasteiger partial charge in [-0.2, -0.15) is 0 Å². The fourth-order valence-corrected chi connectivity index (χ4v) is 4.50. The van der Waals surface area contributed by atoms with Crippen molar-refractivity contribution in [2.24, 2.45) is 0 Å². The molecule has 3 saturated heterocycles. The predicted octanol–water partition coefficient (Wildman–Crippen LogP) is -7.17. The molecule has 0 amide bonds. The second-order valence-corrected chi connectivity index (χ2v) is 9.26. The predicted molar refractivity (Wildman–Crippen MR) is 117 cm³/mol. The zero-order chi connectivity index (χ0) is 28.1. The molecule has 0 aromatic carbocycles. The van der Waals surface area contributed by atoms with Crippen molar-refractivity contribution >= 4 is 0 Å². The lowest BCUT2D eigenvalue weighted by Gasteiger charge is -2.48. The largest absolute Gasteiger partial charge is 0.396 e. The van der Waals surface area contributed by atoms with Crippen molar-refractivity contribution in [3.8, 4) is 0 Å². The Morgan fingerprint density at radius 3 is 1.58 bits per heavy atom. The average Bonchev–Trinajstić information content (AvgIpc) is 2.91. The van der Waals surface area contributed by atoms with Gasteiger partial charge in [-0.3, -0.25) is 0 Å². The minimum Gasteiger partial charge on any atom is -0.396 e. The number of ether oxygens (including phenoxy) is 6. The van der Waals surface area contributed by atoms with Gasteiger partial charge in [0.2, 0.25) is 0 Å². The Balaban J connectivity index is 1.75. The van der Waals surface area contributed by atoms with E-state index in [1.807, 2.05) is 0 Å². The van der Waals surface area contributed by atoms with Crippen LogP contribution in [0.15, 0.2) is 0 Å². The van der Waals surface area contributed by atoms with Crippen molar-refractivity contribution < 1.29 is 84.6 Å². The minimum absolute atomic E-state index is 0.0813. The van der Waals surface area contributed by atoms with Crippen LogP contribution in [0.25, 0.3) is 0 Å². The molecule has 17 nitrogen and oxygen atoms in total. The van der Waals surface area contributed by atoms with E-state index in [4.69, 9.17) is 33.5 Å². The molecule has 0 aromatic rings. The molecular formula is C21H38O17. The molecule has 0 saturated carbocycles. The quantitative estimate of drug-likeness (QED) is 0.104. The fourth-order valence-electron chi connectivity index (χ4n) is 4.50. The van der Waals surface area contributed by atoms with Crippen LogP contribution in [0, 0.1) is 0 Å². The van der Waals surface area contributed by atoms with Crippen LogP contribution < -0.4 is 0 Å². The van der Waals surface area contributed by atoms with Crippen LogP contribution in [0.1, 0.15) is 6.42 Å². The molecule has 0 spiro atoms. The van der Waals surface area contributed by atoms with Crippen LogP contribution in [-0.2, 0) is 28.4 Å². The summed E-state index contributed by atoms with van der Waals surface area (Å²) in [5, 5.41) is 110. The van der Waals surface area contributed by atoms with E-state index in [9.17, 15) is 51.1 Å². The van der Waals surface area contributed by atoms with Crippen LogP contribution in [0.2, 0.25) is 0 Å². The molecule has 17 heteroatoms. The Bertz CT molecular complexity index is 699. The van der Waals surface area contributed by atoms with Gasteiger partial charge >= 0.3 is 0 Å². The first kappa shape index (κ1) is 31.8. The van der Waals surface area contributed by atoms with Gasteiger partial charge in [0.15, 0.2) is 18.9 Å². The number of hydrogen-bond donors (Lipinski definition) is 11. The van der Waals surface area contributed by atoms with Crippen molar-refractivity contribution in [1.82, 2.24) is 0 Å². The van der Waals surface area contributed by atoms with Gasteiger partial charge in [0.25, 0.3) is 0 Å². The van der Waals surface area contributed by atoms with Gasteiger partial charge in [-0.25, -0.2) is 0 Å².